The molecule has 0 saturated carbocycles. The summed E-state index contributed by atoms with van der Waals surface area (Å²) in [6.45, 7) is 2.74. The zero-order valence-corrected chi connectivity index (χ0v) is 12.3. The summed E-state index contributed by atoms with van der Waals surface area (Å²) in [6, 6.07) is 7.86. The van der Waals surface area contributed by atoms with Crippen LogP contribution in [0.25, 0.3) is 0 Å². The number of hydrogen-bond donors (Lipinski definition) is 2. The first kappa shape index (κ1) is 13.1. The first-order valence-corrected chi connectivity index (χ1v) is 7.11. The van der Waals surface area contributed by atoms with Crippen molar-refractivity contribution in [1.82, 2.24) is 0 Å². The summed E-state index contributed by atoms with van der Waals surface area (Å²) in [6.07, 6.45) is 0. The lowest BCUT2D eigenvalue weighted by molar-refractivity contribution is 0.100. The highest BCUT2D eigenvalue weighted by Gasteiger charge is 2.05. The Bertz CT molecular complexity index is 580. The summed E-state index contributed by atoms with van der Waals surface area (Å²) in [5, 5.41) is 5.14. The number of carbonyl (C=O) groups is 1. The second kappa shape index (κ2) is 5.54. The molecule has 0 saturated heterocycles. The van der Waals surface area contributed by atoms with E-state index in [0.717, 1.165) is 15.0 Å². The third kappa shape index (κ3) is 2.91. The molecule has 94 valence electrons. The van der Waals surface area contributed by atoms with Gasteiger partial charge in [0.2, 0.25) is 5.91 Å². The van der Waals surface area contributed by atoms with Gasteiger partial charge in [-0.3, -0.25) is 4.79 Å². The Morgan fingerprint density at radius 3 is 2.94 bits per heavy atom. The largest absolute Gasteiger partial charge is 0.380 e. The zero-order valence-electron chi connectivity index (χ0n) is 9.87. The smallest absolute Gasteiger partial charge is 0.249 e. The van der Waals surface area contributed by atoms with Gasteiger partial charge < -0.3 is 11.1 Å². The van der Waals surface area contributed by atoms with Crippen LogP contribution >= 0.6 is 27.3 Å². The van der Waals surface area contributed by atoms with Crippen LogP contribution in [-0.2, 0) is 6.54 Å². The lowest BCUT2D eigenvalue weighted by Crippen LogP contribution is -2.09. The fraction of sp³-hybridized carbons (Fsp3) is 0.154. The molecule has 0 aliphatic carbocycles. The number of primary amides is 1. The number of carbonyl (C=O) groups excluding carboxylic acids is 1. The molecule has 0 fully saturated rings. The molecule has 0 spiro atoms. The molecule has 0 aliphatic heterocycles. The maximum Gasteiger partial charge on any atom is 0.249 e. The predicted octanol–water partition coefficient (Wildman–Crippen LogP) is 3.53. The van der Waals surface area contributed by atoms with Crippen molar-refractivity contribution in [2.24, 2.45) is 5.73 Å². The van der Waals surface area contributed by atoms with Crippen molar-refractivity contribution >= 4 is 38.9 Å². The molecule has 1 heterocycles. The Morgan fingerprint density at radius 1 is 1.50 bits per heavy atom. The Morgan fingerprint density at radius 2 is 2.28 bits per heavy atom. The Balaban J connectivity index is 2.07. The van der Waals surface area contributed by atoms with E-state index in [1.165, 1.54) is 16.9 Å². The first-order valence-electron chi connectivity index (χ1n) is 5.44. The van der Waals surface area contributed by atoms with Gasteiger partial charge in [-0.2, -0.15) is 0 Å². The minimum absolute atomic E-state index is 0.379. The van der Waals surface area contributed by atoms with Gasteiger partial charge in [0.05, 0.1) is 5.56 Å². The Labute approximate surface area is 118 Å². The van der Waals surface area contributed by atoms with Crippen LogP contribution < -0.4 is 11.1 Å². The number of anilines is 1. The van der Waals surface area contributed by atoms with Crippen molar-refractivity contribution in [3.63, 3.8) is 0 Å². The fourth-order valence-corrected chi connectivity index (χ4v) is 2.76. The third-order valence-electron chi connectivity index (χ3n) is 2.66. The fourth-order valence-electron chi connectivity index (χ4n) is 1.58. The van der Waals surface area contributed by atoms with E-state index < -0.39 is 0 Å². The standard InChI is InChI=1S/C13H13BrN2OS/c1-8-11(14)3-2-4-12(8)16-6-10-5-9(7-18-10)13(15)17/h2-5,7,16H,6H2,1H3,(H2,15,17). The lowest BCUT2D eigenvalue weighted by Gasteiger charge is -2.09. The molecule has 18 heavy (non-hydrogen) atoms. The molecular weight excluding hydrogens is 312 g/mol. The van der Waals surface area contributed by atoms with Gasteiger partial charge in [0.1, 0.15) is 0 Å². The van der Waals surface area contributed by atoms with Crippen molar-refractivity contribution in [2.75, 3.05) is 5.32 Å². The number of rotatable bonds is 4. The van der Waals surface area contributed by atoms with Crippen LogP contribution in [0.15, 0.2) is 34.1 Å². The maximum atomic E-state index is 11.0. The number of benzene rings is 1. The average molecular weight is 325 g/mol. The average Bonchev–Trinajstić information content (AvgIpc) is 2.80. The number of amides is 1. The predicted molar refractivity (Wildman–Crippen MR) is 79.0 cm³/mol. The van der Waals surface area contributed by atoms with Gasteiger partial charge in [-0.25, -0.2) is 0 Å². The SMILES string of the molecule is Cc1c(Br)cccc1NCc1cc(C(N)=O)cs1. The van der Waals surface area contributed by atoms with Crippen molar-refractivity contribution in [3.05, 3.63) is 50.1 Å². The number of nitrogens with two attached hydrogens (primary N) is 1. The van der Waals surface area contributed by atoms with E-state index in [4.69, 9.17) is 5.73 Å². The number of thiophene rings is 1. The second-order valence-corrected chi connectivity index (χ2v) is 5.78. The van der Waals surface area contributed by atoms with Crippen molar-refractivity contribution in [1.29, 1.82) is 0 Å². The molecule has 1 amide bonds. The Kier molecular flexibility index (Phi) is 4.04. The molecule has 0 atom stereocenters. The minimum Gasteiger partial charge on any atom is -0.380 e. The van der Waals surface area contributed by atoms with Crippen LogP contribution in [0, 0.1) is 6.92 Å². The van der Waals surface area contributed by atoms with Crippen LogP contribution in [0.5, 0.6) is 0 Å². The Hall–Kier alpha value is -1.33. The molecule has 0 aliphatic rings. The lowest BCUT2D eigenvalue weighted by atomic mass is 10.2. The summed E-state index contributed by atoms with van der Waals surface area (Å²) in [4.78, 5) is 12.1. The van der Waals surface area contributed by atoms with E-state index in [2.05, 4.69) is 28.2 Å². The van der Waals surface area contributed by atoms with Gasteiger partial charge in [-0.05, 0) is 30.7 Å². The van der Waals surface area contributed by atoms with E-state index in [-0.39, 0.29) is 5.91 Å². The molecular formula is C13H13BrN2OS. The monoisotopic (exact) mass is 324 g/mol. The van der Waals surface area contributed by atoms with E-state index >= 15 is 0 Å². The molecule has 3 nitrogen and oxygen atoms in total. The van der Waals surface area contributed by atoms with E-state index in [0.29, 0.717) is 12.1 Å². The van der Waals surface area contributed by atoms with Gasteiger partial charge in [0.25, 0.3) is 0 Å². The number of nitrogens with one attached hydrogen (secondary N) is 1. The third-order valence-corrected chi connectivity index (χ3v) is 4.45. The van der Waals surface area contributed by atoms with Gasteiger partial charge in [-0.1, -0.05) is 22.0 Å². The highest BCUT2D eigenvalue weighted by atomic mass is 79.9. The van der Waals surface area contributed by atoms with Crippen molar-refractivity contribution in [3.8, 4) is 0 Å². The van der Waals surface area contributed by atoms with E-state index in [1.807, 2.05) is 24.3 Å². The van der Waals surface area contributed by atoms with Crippen LogP contribution in [-0.4, -0.2) is 5.91 Å². The highest BCUT2D eigenvalue weighted by Crippen LogP contribution is 2.24. The normalized spacial score (nSPS) is 10.3. The summed E-state index contributed by atoms with van der Waals surface area (Å²) in [7, 11) is 0. The van der Waals surface area contributed by atoms with Crippen LogP contribution in [0.3, 0.4) is 0 Å². The molecule has 0 unspecified atom stereocenters. The van der Waals surface area contributed by atoms with Crippen LogP contribution in [0.2, 0.25) is 0 Å². The van der Waals surface area contributed by atoms with E-state index in [1.54, 1.807) is 5.38 Å². The van der Waals surface area contributed by atoms with E-state index in [9.17, 15) is 4.79 Å². The van der Waals surface area contributed by atoms with Gasteiger partial charge in [-0.15, -0.1) is 11.3 Å². The second-order valence-electron chi connectivity index (χ2n) is 3.93. The molecule has 2 aromatic rings. The maximum absolute atomic E-state index is 11.0. The molecule has 5 heteroatoms. The summed E-state index contributed by atoms with van der Waals surface area (Å²) in [5.74, 6) is -0.379. The molecule has 0 bridgehead atoms. The van der Waals surface area contributed by atoms with Crippen molar-refractivity contribution in [2.45, 2.75) is 13.5 Å². The number of halogens is 1. The van der Waals surface area contributed by atoms with Crippen LogP contribution in [0.4, 0.5) is 5.69 Å². The molecule has 0 radical (unpaired) electrons. The summed E-state index contributed by atoms with van der Waals surface area (Å²) < 4.78 is 1.08. The first-order chi connectivity index (χ1) is 8.58. The van der Waals surface area contributed by atoms with Gasteiger partial charge >= 0.3 is 0 Å². The van der Waals surface area contributed by atoms with Crippen molar-refractivity contribution < 1.29 is 4.79 Å². The quantitative estimate of drug-likeness (QED) is 0.903. The molecule has 2 rings (SSSR count). The number of hydrogen-bond acceptors (Lipinski definition) is 3. The summed E-state index contributed by atoms with van der Waals surface area (Å²) in [5.41, 5.74) is 8.04. The zero-order chi connectivity index (χ0) is 13.1. The highest BCUT2D eigenvalue weighted by molar-refractivity contribution is 9.10. The van der Waals surface area contributed by atoms with Gasteiger partial charge in [0.15, 0.2) is 0 Å². The van der Waals surface area contributed by atoms with Crippen LogP contribution in [0.1, 0.15) is 20.8 Å². The molecule has 3 N–H and O–H groups in total. The molecule has 1 aromatic heterocycles. The van der Waals surface area contributed by atoms with Gasteiger partial charge in [0, 0.05) is 27.0 Å². The minimum atomic E-state index is -0.379. The molecule has 1 aromatic carbocycles. The topological polar surface area (TPSA) is 55.1 Å². The summed E-state index contributed by atoms with van der Waals surface area (Å²) >= 11 is 5.03.